The Kier molecular flexibility index (Phi) is 5.74. The summed E-state index contributed by atoms with van der Waals surface area (Å²) in [6, 6.07) is 4.56. The molecule has 0 aliphatic rings. The first-order chi connectivity index (χ1) is 9.65. The van der Waals surface area contributed by atoms with Crippen molar-refractivity contribution in [2.75, 3.05) is 7.11 Å². The largest absolute Gasteiger partial charge is 0.495 e. The topological polar surface area (TPSA) is 98.5 Å². The van der Waals surface area contributed by atoms with Crippen molar-refractivity contribution in [2.24, 2.45) is 11.1 Å². The number of nitrogens with one attached hydrogen (secondary N) is 1. The molecule has 7 heteroatoms. The second kappa shape index (κ2) is 6.91. The van der Waals surface area contributed by atoms with Gasteiger partial charge in [0.25, 0.3) is 0 Å². The van der Waals surface area contributed by atoms with Gasteiger partial charge in [-0.15, -0.1) is 0 Å². The third kappa shape index (κ3) is 5.02. The summed E-state index contributed by atoms with van der Waals surface area (Å²) in [4.78, 5) is 11.8. The molecule has 1 aromatic rings. The number of hydrogen-bond donors (Lipinski definition) is 2. The highest BCUT2D eigenvalue weighted by Crippen LogP contribution is 2.23. The van der Waals surface area contributed by atoms with Gasteiger partial charge in [-0.3, -0.25) is 4.79 Å². The number of nitrogens with two attached hydrogens (primary N) is 1. The molecule has 1 atom stereocenters. The van der Waals surface area contributed by atoms with Crippen LogP contribution in [-0.2, 0) is 21.2 Å². The quantitative estimate of drug-likeness (QED) is 0.819. The van der Waals surface area contributed by atoms with Crippen molar-refractivity contribution in [3.8, 4) is 5.75 Å². The molecule has 0 saturated carbocycles. The van der Waals surface area contributed by atoms with Gasteiger partial charge >= 0.3 is 0 Å². The number of carbonyl (C=O) groups excluding carboxylic acids is 1. The van der Waals surface area contributed by atoms with Gasteiger partial charge in [-0.2, -0.15) is 0 Å². The highest BCUT2D eigenvalue weighted by Gasteiger charge is 2.17. The highest BCUT2D eigenvalue weighted by molar-refractivity contribution is 7.89. The molecule has 0 aromatic heterocycles. The maximum absolute atomic E-state index is 11.9. The molecule has 0 fully saturated rings. The van der Waals surface area contributed by atoms with Gasteiger partial charge < -0.3 is 10.1 Å². The van der Waals surface area contributed by atoms with Gasteiger partial charge in [-0.25, -0.2) is 13.6 Å². The predicted octanol–water partition coefficient (Wildman–Crippen LogP) is 1.05. The van der Waals surface area contributed by atoms with Gasteiger partial charge in [0, 0.05) is 6.04 Å². The van der Waals surface area contributed by atoms with Crippen LogP contribution in [0.3, 0.4) is 0 Å². The molecule has 1 rings (SSSR count). The van der Waals surface area contributed by atoms with Crippen LogP contribution in [0, 0.1) is 5.92 Å². The monoisotopic (exact) mass is 314 g/mol. The molecule has 3 N–H and O–H groups in total. The average molecular weight is 314 g/mol. The second-order valence-electron chi connectivity index (χ2n) is 5.31. The van der Waals surface area contributed by atoms with Crippen molar-refractivity contribution < 1.29 is 17.9 Å². The van der Waals surface area contributed by atoms with Crippen LogP contribution >= 0.6 is 0 Å². The predicted molar refractivity (Wildman–Crippen MR) is 80.5 cm³/mol. The summed E-state index contributed by atoms with van der Waals surface area (Å²) in [6.45, 7) is 5.95. The van der Waals surface area contributed by atoms with Gasteiger partial charge in [0.2, 0.25) is 15.9 Å². The van der Waals surface area contributed by atoms with E-state index >= 15 is 0 Å². The van der Waals surface area contributed by atoms with E-state index in [0.29, 0.717) is 11.5 Å². The van der Waals surface area contributed by atoms with Crippen LogP contribution in [0.15, 0.2) is 23.1 Å². The van der Waals surface area contributed by atoms with Crippen molar-refractivity contribution in [1.29, 1.82) is 0 Å². The summed E-state index contributed by atoms with van der Waals surface area (Å²) in [7, 11) is -2.54. The molecule has 6 nitrogen and oxygen atoms in total. The summed E-state index contributed by atoms with van der Waals surface area (Å²) in [5, 5.41) is 8.01. The number of primary sulfonamides is 1. The van der Waals surface area contributed by atoms with Gasteiger partial charge in [0.1, 0.15) is 10.6 Å². The molecule has 0 heterocycles. The lowest BCUT2D eigenvalue weighted by Crippen LogP contribution is -2.37. The Labute approximate surface area is 125 Å². The average Bonchev–Trinajstić information content (AvgIpc) is 2.37. The normalized spacial score (nSPS) is 13.0. The van der Waals surface area contributed by atoms with E-state index in [1.807, 2.05) is 20.8 Å². The van der Waals surface area contributed by atoms with Gasteiger partial charge in [-0.05, 0) is 30.5 Å². The van der Waals surface area contributed by atoms with Crippen LogP contribution in [0.25, 0.3) is 0 Å². The Morgan fingerprint density at radius 1 is 1.33 bits per heavy atom. The Hall–Kier alpha value is -1.60. The summed E-state index contributed by atoms with van der Waals surface area (Å²) < 4.78 is 28.0. The van der Waals surface area contributed by atoms with E-state index in [1.165, 1.54) is 19.2 Å². The fourth-order valence-electron chi connectivity index (χ4n) is 1.71. The van der Waals surface area contributed by atoms with E-state index in [2.05, 4.69) is 5.32 Å². The molecular formula is C14H22N2O4S. The van der Waals surface area contributed by atoms with Gasteiger partial charge in [0.15, 0.2) is 0 Å². The van der Waals surface area contributed by atoms with Crippen LogP contribution in [0.4, 0.5) is 0 Å². The minimum atomic E-state index is -3.90. The zero-order valence-electron chi connectivity index (χ0n) is 12.7. The number of benzene rings is 1. The number of hydrogen-bond acceptors (Lipinski definition) is 4. The molecule has 0 bridgehead atoms. The molecular weight excluding hydrogens is 292 g/mol. The standard InChI is InChI=1S/C14H22N2O4S/c1-9(2)10(3)16-14(17)8-11-5-6-12(20-4)13(7-11)21(15,18)19/h5-7,9-10H,8H2,1-4H3,(H,16,17)(H2,15,18,19). The third-order valence-corrected chi connectivity index (χ3v) is 4.22. The first kappa shape index (κ1) is 17.5. The van der Waals surface area contributed by atoms with Crippen molar-refractivity contribution in [2.45, 2.75) is 38.1 Å². The number of ether oxygens (including phenoxy) is 1. The zero-order valence-corrected chi connectivity index (χ0v) is 13.5. The van der Waals surface area contributed by atoms with E-state index in [9.17, 15) is 13.2 Å². The lowest BCUT2D eigenvalue weighted by molar-refractivity contribution is -0.121. The van der Waals surface area contributed by atoms with Crippen molar-refractivity contribution in [1.82, 2.24) is 5.32 Å². The maximum Gasteiger partial charge on any atom is 0.241 e. The van der Waals surface area contributed by atoms with Gasteiger partial charge in [0.05, 0.1) is 13.5 Å². The van der Waals surface area contributed by atoms with E-state index in [-0.39, 0.29) is 29.0 Å². The Morgan fingerprint density at radius 2 is 1.95 bits per heavy atom. The molecule has 118 valence electrons. The SMILES string of the molecule is COc1ccc(CC(=O)NC(C)C(C)C)cc1S(N)(=O)=O. The van der Waals surface area contributed by atoms with E-state index in [4.69, 9.17) is 9.88 Å². The molecule has 0 aliphatic carbocycles. The molecule has 0 aliphatic heterocycles. The molecule has 1 aromatic carbocycles. The fraction of sp³-hybridized carbons (Fsp3) is 0.500. The van der Waals surface area contributed by atoms with Crippen LogP contribution < -0.4 is 15.2 Å². The summed E-state index contributed by atoms with van der Waals surface area (Å²) in [5.41, 5.74) is 0.563. The van der Waals surface area contributed by atoms with Crippen molar-refractivity contribution >= 4 is 15.9 Å². The minimum absolute atomic E-state index is 0.0495. The smallest absolute Gasteiger partial charge is 0.241 e. The van der Waals surface area contributed by atoms with Crippen LogP contribution in [0.1, 0.15) is 26.3 Å². The molecule has 21 heavy (non-hydrogen) atoms. The second-order valence-corrected chi connectivity index (χ2v) is 6.84. The molecule has 0 saturated heterocycles. The summed E-state index contributed by atoms with van der Waals surface area (Å²) in [6.07, 6.45) is 0.0869. The maximum atomic E-state index is 11.9. The fourth-order valence-corrected chi connectivity index (χ4v) is 2.46. The zero-order chi connectivity index (χ0) is 16.2. The first-order valence-corrected chi connectivity index (χ1v) is 8.19. The number of sulfonamides is 1. The highest BCUT2D eigenvalue weighted by atomic mass is 32.2. The van der Waals surface area contributed by atoms with E-state index in [1.54, 1.807) is 6.07 Å². The third-order valence-electron chi connectivity index (χ3n) is 3.29. The Balaban J connectivity index is 2.93. The summed E-state index contributed by atoms with van der Waals surface area (Å²) >= 11 is 0. The molecule has 0 radical (unpaired) electrons. The molecule has 0 spiro atoms. The molecule has 1 amide bonds. The number of amides is 1. The van der Waals surface area contributed by atoms with Crippen molar-refractivity contribution in [3.63, 3.8) is 0 Å². The molecule has 1 unspecified atom stereocenters. The Bertz CT molecular complexity index is 611. The number of methoxy groups -OCH3 is 1. The number of rotatable bonds is 6. The lowest BCUT2D eigenvalue weighted by Gasteiger charge is -2.17. The van der Waals surface area contributed by atoms with Gasteiger partial charge in [-0.1, -0.05) is 19.9 Å². The lowest BCUT2D eigenvalue weighted by atomic mass is 10.1. The van der Waals surface area contributed by atoms with Crippen LogP contribution in [0.2, 0.25) is 0 Å². The van der Waals surface area contributed by atoms with E-state index < -0.39 is 10.0 Å². The van der Waals surface area contributed by atoms with Crippen molar-refractivity contribution in [3.05, 3.63) is 23.8 Å². The van der Waals surface area contributed by atoms with Crippen LogP contribution in [0.5, 0.6) is 5.75 Å². The van der Waals surface area contributed by atoms with E-state index in [0.717, 1.165) is 0 Å². The number of carbonyl (C=O) groups is 1. The first-order valence-electron chi connectivity index (χ1n) is 6.64. The summed E-state index contributed by atoms with van der Waals surface area (Å²) in [5.74, 6) is 0.323. The Morgan fingerprint density at radius 3 is 2.43 bits per heavy atom. The minimum Gasteiger partial charge on any atom is -0.495 e. The van der Waals surface area contributed by atoms with Crippen LogP contribution in [-0.4, -0.2) is 27.5 Å².